The summed E-state index contributed by atoms with van der Waals surface area (Å²) < 4.78 is 5.67. The number of rotatable bonds is 4. The van der Waals surface area contributed by atoms with Gasteiger partial charge in [-0.05, 0) is 59.1 Å². The van der Waals surface area contributed by atoms with Crippen LogP contribution in [0.1, 0.15) is 21.5 Å². The molecule has 0 spiro atoms. The molecule has 2 rings (SSSR count). The molecule has 0 aliphatic rings. The number of aryl methyl sites for hydroxylation is 1. The van der Waals surface area contributed by atoms with E-state index in [1.807, 2.05) is 32.0 Å². The van der Waals surface area contributed by atoms with E-state index in [0.717, 1.165) is 16.8 Å². The third kappa shape index (κ3) is 3.95. The Morgan fingerprint density at radius 3 is 2.55 bits per heavy atom. The van der Waals surface area contributed by atoms with Crippen LogP contribution in [0.3, 0.4) is 0 Å². The maximum absolute atomic E-state index is 11.9. The number of carbonyl (C=O) groups excluding carboxylic acids is 2. The molecule has 0 heterocycles. The molecule has 0 saturated heterocycles. The van der Waals surface area contributed by atoms with Crippen LogP contribution < -0.4 is 5.32 Å². The molecule has 2 aromatic carbocycles. The van der Waals surface area contributed by atoms with Crippen molar-refractivity contribution in [2.24, 2.45) is 0 Å². The number of ether oxygens (including phenoxy) is 1. The van der Waals surface area contributed by atoms with Crippen molar-refractivity contribution in [1.29, 1.82) is 0 Å². The van der Waals surface area contributed by atoms with Gasteiger partial charge in [-0.15, -0.1) is 0 Å². The average Bonchev–Trinajstić information content (AvgIpc) is 2.50. The van der Waals surface area contributed by atoms with E-state index in [2.05, 4.69) is 21.2 Å². The van der Waals surface area contributed by atoms with E-state index in [-0.39, 0.29) is 12.5 Å². The smallest absolute Gasteiger partial charge is 0.339 e. The van der Waals surface area contributed by atoms with Crippen LogP contribution in [0.4, 0.5) is 5.69 Å². The fraction of sp³-hybridized carbons (Fsp3) is 0.176. The molecule has 0 atom stereocenters. The summed E-state index contributed by atoms with van der Waals surface area (Å²) in [6.45, 7) is 3.57. The minimum atomic E-state index is -0.538. The molecule has 2 aromatic rings. The Labute approximate surface area is 137 Å². The Kier molecular flexibility index (Phi) is 5.33. The van der Waals surface area contributed by atoms with Gasteiger partial charge in [0.25, 0.3) is 5.91 Å². The lowest BCUT2D eigenvalue weighted by Gasteiger charge is -2.11. The predicted octanol–water partition coefficient (Wildman–Crippen LogP) is 3.86. The molecule has 1 N–H and O–H groups in total. The Hall–Kier alpha value is -2.14. The van der Waals surface area contributed by atoms with Gasteiger partial charge in [0.15, 0.2) is 6.61 Å². The second-order valence-corrected chi connectivity index (χ2v) is 5.71. The highest BCUT2D eigenvalue weighted by molar-refractivity contribution is 9.10. The van der Waals surface area contributed by atoms with Crippen molar-refractivity contribution in [3.8, 4) is 0 Å². The quantitative estimate of drug-likeness (QED) is 0.841. The first-order chi connectivity index (χ1) is 10.5. The van der Waals surface area contributed by atoms with Gasteiger partial charge < -0.3 is 10.1 Å². The molecule has 114 valence electrons. The van der Waals surface area contributed by atoms with E-state index in [1.165, 1.54) is 0 Å². The largest absolute Gasteiger partial charge is 0.452 e. The van der Waals surface area contributed by atoms with Crippen LogP contribution in [0, 0.1) is 13.8 Å². The molecule has 0 unspecified atom stereocenters. The zero-order chi connectivity index (χ0) is 16.1. The van der Waals surface area contributed by atoms with Crippen LogP contribution in [0.2, 0.25) is 0 Å². The van der Waals surface area contributed by atoms with E-state index in [9.17, 15) is 9.59 Å². The molecule has 0 aliphatic carbocycles. The molecule has 0 aromatic heterocycles. The molecular formula is C17H16BrNO3. The molecule has 0 bridgehead atoms. The van der Waals surface area contributed by atoms with Crippen molar-refractivity contribution >= 4 is 33.5 Å². The number of carbonyl (C=O) groups is 2. The van der Waals surface area contributed by atoms with Crippen molar-refractivity contribution in [1.82, 2.24) is 0 Å². The summed E-state index contributed by atoms with van der Waals surface area (Å²) in [5, 5.41) is 2.74. The third-order valence-corrected chi connectivity index (χ3v) is 4.00. The zero-order valence-corrected chi connectivity index (χ0v) is 13.9. The van der Waals surface area contributed by atoms with E-state index >= 15 is 0 Å². The standard InChI is InChI=1S/C17H16BrNO3/c1-11-6-5-9-15(12(11)2)19-16(20)10-22-17(21)13-7-3-4-8-14(13)18/h3-9H,10H2,1-2H3,(H,19,20). The van der Waals surface area contributed by atoms with Crippen LogP contribution in [0.25, 0.3) is 0 Å². The summed E-state index contributed by atoms with van der Waals surface area (Å²) in [4.78, 5) is 23.8. The van der Waals surface area contributed by atoms with Crippen LogP contribution in [-0.4, -0.2) is 18.5 Å². The summed E-state index contributed by atoms with van der Waals surface area (Å²) in [5.74, 6) is -0.905. The average molecular weight is 362 g/mol. The number of benzene rings is 2. The maximum atomic E-state index is 11.9. The first-order valence-corrected chi connectivity index (χ1v) is 7.56. The highest BCUT2D eigenvalue weighted by atomic mass is 79.9. The monoisotopic (exact) mass is 361 g/mol. The third-order valence-electron chi connectivity index (χ3n) is 3.31. The van der Waals surface area contributed by atoms with Crippen molar-refractivity contribution in [3.05, 3.63) is 63.6 Å². The Balaban J connectivity index is 1.95. The van der Waals surface area contributed by atoms with E-state index < -0.39 is 5.97 Å². The highest BCUT2D eigenvalue weighted by Gasteiger charge is 2.13. The van der Waals surface area contributed by atoms with Crippen molar-refractivity contribution in [2.75, 3.05) is 11.9 Å². The van der Waals surface area contributed by atoms with Gasteiger partial charge in [0.2, 0.25) is 0 Å². The number of hydrogen-bond acceptors (Lipinski definition) is 3. The number of amides is 1. The lowest BCUT2D eigenvalue weighted by molar-refractivity contribution is -0.119. The van der Waals surface area contributed by atoms with Gasteiger partial charge in [0.1, 0.15) is 0 Å². The van der Waals surface area contributed by atoms with Crippen molar-refractivity contribution in [3.63, 3.8) is 0 Å². The summed E-state index contributed by atoms with van der Waals surface area (Å²) in [5.41, 5.74) is 3.19. The fourth-order valence-electron chi connectivity index (χ4n) is 1.91. The van der Waals surface area contributed by atoms with E-state index in [0.29, 0.717) is 10.0 Å². The number of halogens is 1. The molecule has 22 heavy (non-hydrogen) atoms. The Morgan fingerprint density at radius 2 is 1.82 bits per heavy atom. The van der Waals surface area contributed by atoms with Gasteiger partial charge >= 0.3 is 5.97 Å². The van der Waals surface area contributed by atoms with Gasteiger partial charge in [-0.25, -0.2) is 4.79 Å². The normalized spacial score (nSPS) is 10.1. The second-order valence-electron chi connectivity index (χ2n) is 4.85. The summed E-state index contributed by atoms with van der Waals surface area (Å²) in [7, 11) is 0. The van der Waals surface area contributed by atoms with Crippen molar-refractivity contribution in [2.45, 2.75) is 13.8 Å². The second kappa shape index (κ2) is 7.22. The van der Waals surface area contributed by atoms with Gasteiger partial charge in [0.05, 0.1) is 5.56 Å². The topological polar surface area (TPSA) is 55.4 Å². The fourth-order valence-corrected chi connectivity index (χ4v) is 2.36. The minimum Gasteiger partial charge on any atom is -0.452 e. The Bertz CT molecular complexity index is 713. The molecule has 5 heteroatoms. The number of anilines is 1. The maximum Gasteiger partial charge on any atom is 0.339 e. The van der Waals surface area contributed by atoms with Crippen LogP contribution in [0.15, 0.2) is 46.9 Å². The molecule has 1 amide bonds. The number of hydrogen-bond donors (Lipinski definition) is 1. The number of esters is 1. The SMILES string of the molecule is Cc1cccc(NC(=O)COC(=O)c2ccccc2Br)c1C. The molecule has 0 fully saturated rings. The molecule has 0 radical (unpaired) electrons. The summed E-state index contributed by atoms with van der Waals surface area (Å²) in [6.07, 6.45) is 0. The van der Waals surface area contributed by atoms with Crippen LogP contribution >= 0.6 is 15.9 Å². The summed E-state index contributed by atoms with van der Waals surface area (Å²) in [6, 6.07) is 12.6. The molecular weight excluding hydrogens is 346 g/mol. The lowest BCUT2D eigenvalue weighted by atomic mass is 10.1. The zero-order valence-electron chi connectivity index (χ0n) is 12.4. The lowest BCUT2D eigenvalue weighted by Crippen LogP contribution is -2.21. The van der Waals surface area contributed by atoms with E-state index in [1.54, 1.807) is 24.3 Å². The van der Waals surface area contributed by atoms with Crippen molar-refractivity contribution < 1.29 is 14.3 Å². The molecule has 0 saturated carbocycles. The van der Waals surface area contributed by atoms with Gasteiger partial charge in [0, 0.05) is 10.2 Å². The van der Waals surface area contributed by atoms with E-state index in [4.69, 9.17) is 4.74 Å². The molecule has 0 aliphatic heterocycles. The first-order valence-electron chi connectivity index (χ1n) is 6.76. The predicted molar refractivity (Wildman–Crippen MR) is 89.0 cm³/mol. The highest BCUT2D eigenvalue weighted by Crippen LogP contribution is 2.18. The minimum absolute atomic E-state index is 0.326. The van der Waals surface area contributed by atoms with Crippen LogP contribution in [0.5, 0.6) is 0 Å². The summed E-state index contributed by atoms with van der Waals surface area (Å²) >= 11 is 3.27. The van der Waals surface area contributed by atoms with Gasteiger partial charge in [-0.1, -0.05) is 24.3 Å². The Morgan fingerprint density at radius 1 is 1.09 bits per heavy atom. The number of nitrogens with one attached hydrogen (secondary N) is 1. The van der Waals surface area contributed by atoms with Gasteiger partial charge in [-0.3, -0.25) is 4.79 Å². The first kappa shape index (κ1) is 16.2. The van der Waals surface area contributed by atoms with Gasteiger partial charge in [-0.2, -0.15) is 0 Å². The van der Waals surface area contributed by atoms with Crippen LogP contribution in [-0.2, 0) is 9.53 Å². The molecule has 4 nitrogen and oxygen atoms in total.